The average molecular weight is 379 g/mol. The summed E-state index contributed by atoms with van der Waals surface area (Å²) in [6.45, 7) is 0.923. The second-order valence-corrected chi connectivity index (χ2v) is 7.29. The monoisotopic (exact) mass is 379 g/mol. The van der Waals surface area contributed by atoms with Crippen LogP contribution < -0.4 is 0 Å². The SMILES string of the molecule is O=C1C[C@H]2[C@H](CCN2C(=O)c2cncc(F)c2)N1Cc1cc2ccccc2o1. The second kappa shape index (κ2) is 6.44. The highest BCUT2D eigenvalue weighted by molar-refractivity contribution is 5.95. The first kappa shape index (κ1) is 16.9. The molecule has 2 aliphatic rings. The molecule has 2 fully saturated rings. The Morgan fingerprint density at radius 3 is 2.89 bits per heavy atom. The van der Waals surface area contributed by atoms with Gasteiger partial charge < -0.3 is 14.2 Å². The number of pyridine rings is 1. The first-order valence-corrected chi connectivity index (χ1v) is 9.28. The van der Waals surface area contributed by atoms with Gasteiger partial charge in [0.2, 0.25) is 5.91 Å². The Morgan fingerprint density at radius 2 is 2.07 bits per heavy atom. The number of likely N-dealkylation sites (tertiary alicyclic amines) is 2. The van der Waals surface area contributed by atoms with Crippen molar-refractivity contribution in [1.29, 1.82) is 0 Å². The van der Waals surface area contributed by atoms with Crippen LogP contribution in [0.15, 0.2) is 53.2 Å². The molecule has 0 unspecified atom stereocenters. The summed E-state index contributed by atoms with van der Waals surface area (Å²) in [4.78, 5) is 32.7. The number of furan rings is 1. The van der Waals surface area contributed by atoms with Crippen molar-refractivity contribution in [3.8, 4) is 0 Å². The van der Waals surface area contributed by atoms with Gasteiger partial charge in [0.05, 0.1) is 30.4 Å². The lowest BCUT2D eigenvalue weighted by molar-refractivity contribution is -0.129. The highest BCUT2D eigenvalue weighted by Gasteiger charge is 2.48. The van der Waals surface area contributed by atoms with Crippen LogP contribution in [0, 0.1) is 5.82 Å². The van der Waals surface area contributed by atoms with Gasteiger partial charge in [0.15, 0.2) is 0 Å². The number of aromatic nitrogens is 1. The molecule has 2 atom stereocenters. The van der Waals surface area contributed by atoms with Gasteiger partial charge in [-0.25, -0.2) is 4.39 Å². The van der Waals surface area contributed by atoms with E-state index in [2.05, 4.69) is 4.98 Å². The molecule has 28 heavy (non-hydrogen) atoms. The lowest BCUT2D eigenvalue weighted by Crippen LogP contribution is -2.39. The molecule has 0 bridgehead atoms. The van der Waals surface area contributed by atoms with Crippen LogP contribution in [-0.4, -0.2) is 45.2 Å². The second-order valence-electron chi connectivity index (χ2n) is 7.29. The van der Waals surface area contributed by atoms with Crippen LogP contribution in [-0.2, 0) is 11.3 Å². The minimum Gasteiger partial charge on any atom is -0.459 e. The molecular formula is C21H18FN3O3. The highest BCUT2D eigenvalue weighted by Crippen LogP contribution is 2.35. The van der Waals surface area contributed by atoms with E-state index in [1.165, 1.54) is 12.3 Å². The molecule has 2 aliphatic heterocycles. The topological polar surface area (TPSA) is 66.7 Å². The molecule has 4 heterocycles. The molecule has 7 heteroatoms. The normalized spacial score (nSPS) is 21.5. The van der Waals surface area contributed by atoms with Gasteiger partial charge in [0.1, 0.15) is 17.2 Å². The molecule has 2 saturated heterocycles. The van der Waals surface area contributed by atoms with Crippen molar-refractivity contribution >= 4 is 22.8 Å². The van der Waals surface area contributed by atoms with Crippen molar-refractivity contribution in [2.45, 2.75) is 31.5 Å². The molecule has 1 aromatic carbocycles. The molecular weight excluding hydrogens is 361 g/mol. The van der Waals surface area contributed by atoms with Gasteiger partial charge >= 0.3 is 0 Å². The molecule has 2 amide bonds. The van der Waals surface area contributed by atoms with Gasteiger partial charge in [0, 0.05) is 24.5 Å². The summed E-state index contributed by atoms with van der Waals surface area (Å²) >= 11 is 0. The summed E-state index contributed by atoms with van der Waals surface area (Å²) in [6, 6.07) is 10.6. The Morgan fingerprint density at radius 1 is 1.21 bits per heavy atom. The fraction of sp³-hybridized carbons (Fsp3) is 0.286. The fourth-order valence-corrected chi connectivity index (χ4v) is 4.36. The third-order valence-corrected chi connectivity index (χ3v) is 5.63. The van der Waals surface area contributed by atoms with E-state index >= 15 is 0 Å². The van der Waals surface area contributed by atoms with Gasteiger partial charge in [0.25, 0.3) is 5.91 Å². The van der Waals surface area contributed by atoms with Crippen molar-refractivity contribution < 1.29 is 18.4 Å². The van der Waals surface area contributed by atoms with E-state index in [1.54, 1.807) is 9.80 Å². The third kappa shape index (κ3) is 2.74. The van der Waals surface area contributed by atoms with Crippen LogP contribution in [0.2, 0.25) is 0 Å². The predicted octanol–water partition coefficient (Wildman–Crippen LogP) is 2.98. The van der Waals surface area contributed by atoms with E-state index in [9.17, 15) is 14.0 Å². The number of para-hydroxylation sites is 1. The maximum atomic E-state index is 13.4. The van der Waals surface area contributed by atoms with E-state index in [0.29, 0.717) is 19.5 Å². The number of halogens is 1. The average Bonchev–Trinajstić information content (AvgIpc) is 3.36. The van der Waals surface area contributed by atoms with Crippen molar-refractivity contribution in [3.63, 3.8) is 0 Å². The van der Waals surface area contributed by atoms with E-state index in [1.807, 2.05) is 30.3 Å². The summed E-state index contributed by atoms with van der Waals surface area (Å²) < 4.78 is 19.3. The Labute approximate surface area is 160 Å². The minimum absolute atomic E-state index is 0.00493. The van der Waals surface area contributed by atoms with Crippen molar-refractivity contribution in [3.05, 3.63) is 65.9 Å². The zero-order valence-corrected chi connectivity index (χ0v) is 15.0. The van der Waals surface area contributed by atoms with Crippen LogP contribution >= 0.6 is 0 Å². The molecule has 5 rings (SSSR count). The number of hydrogen-bond acceptors (Lipinski definition) is 4. The Balaban J connectivity index is 1.36. The van der Waals surface area contributed by atoms with Crippen LogP contribution in [0.5, 0.6) is 0 Å². The number of hydrogen-bond donors (Lipinski definition) is 0. The number of rotatable bonds is 3. The number of benzene rings is 1. The summed E-state index contributed by atoms with van der Waals surface area (Å²) in [5.41, 5.74) is 1.01. The van der Waals surface area contributed by atoms with Gasteiger partial charge in [-0.2, -0.15) is 0 Å². The van der Waals surface area contributed by atoms with E-state index < -0.39 is 5.82 Å². The lowest BCUT2D eigenvalue weighted by atomic mass is 10.1. The van der Waals surface area contributed by atoms with E-state index in [0.717, 1.165) is 22.9 Å². The number of nitrogens with zero attached hydrogens (tertiary/aromatic N) is 3. The molecule has 6 nitrogen and oxygen atoms in total. The largest absolute Gasteiger partial charge is 0.459 e. The predicted molar refractivity (Wildman–Crippen MR) is 98.8 cm³/mol. The van der Waals surface area contributed by atoms with E-state index in [-0.39, 0.29) is 35.9 Å². The minimum atomic E-state index is -0.546. The van der Waals surface area contributed by atoms with Gasteiger partial charge in [-0.05, 0) is 24.6 Å². The number of carbonyl (C=O) groups excluding carboxylic acids is 2. The van der Waals surface area contributed by atoms with Gasteiger partial charge in [-0.1, -0.05) is 18.2 Å². The van der Waals surface area contributed by atoms with Gasteiger partial charge in [-0.15, -0.1) is 0 Å². The van der Waals surface area contributed by atoms with Crippen molar-refractivity contribution in [2.24, 2.45) is 0 Å². The van der Waals surface area contributed by atoms with Crippen LogP contribution in [0.25, 0.3) is 11.0 Å². The zero-order chi connectivity index (χ0) is 19.3. The lowest BCUT2D eigenvalue weighted by Gasteiger charge is -2.25. The van der Waals surface area contributed by atoms with Crippen LogP contribution in [0.1, 0.15) is 29.0 Å². The van der Waals surface area contributed by atoms with Crippen LogP contribution in [0.4, 0.5) is 4.39 Å². The Kier molecular flexibility index (Phi) is 3.89. The first-order chi connectivity index (χ1) is 13.6. The summed E-state index contributed by atoms with van der Waals surface area (Å²) in [5.74, 6) is -0.0897. The third-order valence-electron chi connectivity index (χ3n) is 5.63. The molecule has 142 valence electrons. The summed E-state index contributed by atoms with van der Waals surface area (Å²) in [5, 5.41) is 1.00. The number of fused-ring (bicyclic) bond motifs is 2. The zero-order valence-electron chi connectivity index (χ0n) is 15.0. The highest BCUT2D eigenvalue weighted by atomic mass is 19.1. The molecule has 0 saturated carbocycles. The Hall–Kier alpha value is -3.22. The van der Waals surface area contributed by atoms with Gasteiger partial charge in [-0.3, -0.25) is 14.6 Å². The molecule has 3 aromatic rings. The summed E-state index contributed by atoms with van der Waals surface area (Å²) in [6.07, 6.45) is 3.41. The number of amides is 2. The quantitative estimate of drug-likeness (QED) is 0.702. The maximum absolute atomic E-state index is 13.4. The standard InChI is InChI=1S/C21H18FN3O3/c22-15-7-14(10-23-11-15)21(27)24-6-5-17-18(24)9-20(26)25(17)12-16-8-13-3-1-2-4-19(13)28-16/h1-4,7-8,10-11,17-18H,5-6,9,12H2/t17-,18-/m0/s1. The van der Waals surface area contributed by atoms with Crippen molar-refractivity contribution in [1.82, 2.24) is 14.8 Å². The Bertz CT molecular complexity index is 1050. The van der Waals surface area contributed by atoms with Crippen LogP contribution in [0.3, 0.4) is 0 Å². The molecule has 0 radical (unpaired) electrons. The van der Waals surface area contributed by atoms with E-state index in [4.69, 9.17) is 4.42 Å². The molecule has 0 N–H and O–H groups in total. The summed E-state index contributed by atoms with van der Waals surface area (Å²) in [7, 11) is 0. The smallest absolute Gasteiger partial charge is 0.255 e. The maximum Gasteiger partial charge on any atom is 0.255 e. The molecule has 0 aliphatic carbocycles. The molecule has 2 aromatic heterocycles. The molecule has 0 spiro atoms. The fourth-order valence-electron chi connectivity index (χ4n) is 4.36. The first-order valence-electron chi connectivity index (χ1n) is 9.28. The number of carbonyl (C=O) groups is 2. The van der Waals surface area contributed by atoms with Crippen molar-refractivity contribution in [2.75, 3.05) is 6.54 Å².